The average molecular weight is 166 g/mol. The van der Waals surface area contributed by atoms with Gasteiger partial charge in [0.1, 0.15) is 5.78 Å². The van der Waals surface area contributed by atoms with Gasteiger partial charge in [0, 0.05) is 12.8 Å². The predicted molar refractivity (Wildman–Crippen MR) is 48.9 cm³/mol. The summed E-state index contributed by atoms with van der Waals surface area (Å²) in [5, 5.41) is 0. The number of rotatable bonds is 2. The molecule has 68 valence electrons. The summed E-state index contributed by atoms with van der Waals surface area (Å²) in [6, 6.07) is 0. The monoisotopic (exact) mass is 166 g/mol. The van der Waals surface area contributed by atoms with Gasteiger partial charge in [-0.05, 0) is 24.7 Å². The lowest BCUT2D eigenvalue weighted by Gasteiger charge is -2.13. The summed E-state index contributed by atoms with van der Waals surface area (Å²) in [6.45, 7) is 0. The molecule has 0 spiro atoms. The topological polar surface area (TPSA) is 17.1 Å². The van der Waals surface area contributed by atoms with Crippen molar-refractivity contribution >= 4 is 5.78 Å². The van der Waals surface area contributed by atoms with Gasteiger partial charge in [0.2, 0.25) is 0 Å². The van der Waals surface area contributed by atoms with E-state index in [4.69, 9.17) is 0 Å². The summed E-state index contributed by atoms with van der Waals surface area (Å²) in [5.41, 5.74) is 0. The van der Waals surface area contributed by atoms with Gasteiger partial charge in [0.25, 0.3) is 0 Å². The lowest BCUT2D eigenvalue weighted by Crippen LogP contribution is -2.03. The predicted octanol–water partition coefficient (Wildman–Crippen LogP) is 2.94. The third-order valence-corrected chi connectivity index (χ3v) is 3.49. The average Bonchev–Trinajstić information content (AvgIpc) is 2.63. The molecule has 2 aliphatic carbocycles. The third-order valence-electron chi connectivity index (χ3n) is 3.49. The molecule has 12 heavy (non-hydrogen) atoms. The van der Waals surface area contributed by atoms with Gasteiger partial charge in [0.05, 0.1) is 0 Å². The molecular formula is C11H18O. The maximum atomic E-state index is 11.0. The highest BCUT2D eigenvalue weighted by molar-refractivity contribution is 5.80. The molecule has 1 atom stereocenters. The fourth-order valence-corrected chi connectivity index (χ4v) is 2.81. The van der Waals surface area contributed by atoms with Gasteiger partial charge < -0.3 is 0 Å². The van der Waals surface area contributed by atoms with Crippen molar-refractivity contribution in [2.45, 2.75) is 51.4 Å². The Morgan fingerprint density at radius 3 is 2.42 bits per heavy atom. The zero-order valence-electron chi connectivity index (χ0n) is 7.72. The van der Waals surface area contributed by atoms with Crippen LogP contribution in [0, 0.1) is 11.8 Å². The highest BCUT2D eigenvalue weighted by atomic mass is 16.1. The van der Waals surface area contributed by atoms with Gasteiger partial charge in [-0.1, -0.05) is 25.7 Å². The van der Waals surface area contributed by atoms with Crippen molar-refractivity contribution in [1.29, 1.82) is 0 Å². The van der Waals surface area contributed by atoms with E-state index in [-0.39, 0.29) is 0 Å². The van der Waals surface area contributed by atoms with Gasteiger partial charge in [0.15, 0.2) is 0 Å². The Kier molecular flexibility index (Phi) is 2.48. The molecule has 1 nitrogen and oxygen atoms in total. The molecule has 0 aromatic carbocycles. The van der Waals surface area contributed by atoms with E-state index >= 15 is 0 Å². The van der Waals surface area contributed by atoms with Crippen molar-refractivity contribution < 1.29 is 4.79 Å². The number of ketones is 1. The summed E-state index contributed by atoms with van der Waals surface area (Å²) < 4.78 is 0. The molecule has 0 amide bonds. The van der Waals surface area contributed by atoms with Gasteiger partial charge in [-0.2, -0.15) is 0 Å². The van der Waals surface area contributed by atoms with Crippen molar-refractivity contribution in [3.63, 3.8) is 0 Å². The van der Waals surface area contributed by atoms with Gasteiger partial charge in [-0.15, -0.1) is 0 Å². The highest BCUT2D eigenvalue weighted by Crippen LogP contribution is 2.35. The highest BCUT2D eigenvalue weighted by Gasteiger charge is 2.26. The molecule has 0 heterocycles. The minimum absolute atomic E-state index is 0.512. The maximum absolute atomic E-state index is 11.0. The molecule has 0 aromatic heterocycles. The Labute approximate surface area is 74.5 Å². The molecule has 2 saturated carbocycles. The zero-order valence-corrected chi connectivity index (χ0v) is 7.72. The van der Waals surface area contributed by atoms with E-state index in [0.29, 0.717) is 5.78 Å². The maximum Gasteiger partial charge on any atom is 0.133 e. The van der Waals surface area contributed by atoms with Crippen LogP contribution in [0.5, 0.6) is 0 Å². The van der Waals surface area contributed by atoms with Crippen molar-refractivity contribution in [3.8, 4) is 0 Å². The number of hydrogen-bond acceptors (Lipinski definition) is 1. The Morgan fingerprint density at radius 1 is 1.08 bits per heavy atom. The minimum atomic E-state index is 0.512. The molecule has 0 saturated heterocycles. The molecule has 2 fully saturated rings. The van der Waals surface area contributed by atoms with Crippen molar-refractivity contribution in [3.05, 3.63) is 0 Å². The number of carbonyl (C=O) groups excluding carboxylic acids is 1. The van der Waals surface area contributed by atoms with E-state index in [1.807, 2.05) is 0 Å². The molecule has 0 aromatic rings. The van der Waals surface area contributed by atoms with Crippen LogP contribution >= 0.6 is 0 Å². The molecule has 1 heteroatoms. The van der Waals surface area contributed by atoms with Crippen LogP contribution in [-0.2, 0) is 4.79 Å². The quantitative estimate of drug-likeness (QED) is 0.616. The Balaban J connectivity index is 1.75. The second-order valence-electron chi connectivity index (χ2n) is 4.53. The number of carbonyl (C=O) groups is 1. The van der Waals surface area contributed by atoms with E-state index in [2.05, 4.69) is 0 Å². The normalized spacial score (nSPS) is 31.7. The molecule has 2 aliphatic rings. The van der Waals surface area contributed by atoms with E-state index in [1.54, 1.807) is 0 Å². The van der Waals surface area contributed by atoms with E-state index in [0.717, 1.165) is 24.7 Å². The lowest BCUT2D eigenvalue weighted by atomic mass is 9.92. The zero-order chi connectivity index (χ0) is 8.39. The SMILES string of the molecule is O=C1CCC(CC2CCCC2)C1. The fraction of sp³-hybridized carbons (Fsp3) is 0.909. The third kappa shape index (κ3) is 1.88. The first-order chi connectivity index (χ1) is 5.84. The van der Waals surface area contributed by atoms with Crippen LogP contribution in [0.1, 0.15) is 51.4 Å². The lowest BCUT2D eigenvalue weighted by molar-refractivity contribution is -0.117. The first-order valence-corrected chi connectivity index (χ1v) is 5.36. The first kappa shape index (κ1) is 8.28. The van der Waals surface area contributed by atoms with Crippen molar-refractivity contribution in [2.24, 2.45) is 11.8 Å². The van der Waals surface area contributed by atoms with Gasteiger partial charge in [-0.25, -0.2) is 0 Å². The molecule has 2 rings (SSSR count). The Bertz CT molecular complexity index is 168. The summed E-state index contributed by atoms with van der Waals surface area (Å²) in [5.74, 6) is 2.25. The van der Waals surface area contributed by atoms with Crippen LogP contribution in [0.15, 0.2) is 0 Å². The number of Topliss-reactive ketones (excluding diaryl/α,β-unsaturated/α-hetero) is 1. The van der Waals surface area contributed by atoms with Crippen molar-refractivity contribution in [2.75, 3.05) is 0 Å². The smallest absolute Gasteiger partial charge is 0.133 e. The minimum Gasteiger partial charge on any atom is -0.300 e. The molecule has 1 unspecified atom stereocenters. The molecule has 0 N–H and O–H groups in total. The summed E-state index contributed by atoms with van der Waals surface area (Å²) in [4.78, 5) is 11.0. The molecular weight excluding hydrogens is 148 g/mol. The summed E-state index contributed by atoms with van der Waals surface area (Å²) >= 11 is 0. The van der Waals surface area contributed by atoms with Crippen molar-refractivity contribution in [1.82, 2.24) is 0 Å². The standard InChI is InChI=1S/C11H18O/c12-11-6-5-10(8-11)7-9-3-1-2-4-9/h9-10H,1-8H2. The van der Waals surface area contributed by atoms with Crippen LogP contribution in [-0.4, -0.2) is 5.78 Å². The van der Waals surface area contributed by atoms with Crippen LogP contribution in [0.25, 0.3) is 0 Å². The molecule has 0 aliphatic heterocycles. The fourth-order valence-electron chi connectivity index (χ4n) is 2.81. The first-order valence-electron chi connectivity index (χ1n) is 5.36. The summed E-state index contributed by atoms with van der Waals surface area (Å²) in [7, 11) is 0. The number of hydrogen-bond donors (Lipinski definition) is 0. The van der Waals surface area contributed by atoms with Crippen LogP contribution in [0.3, 0.4) is 0 Å². The van der Waals surface area contributed by atoms with E-state index in [9.17, 15) is 4.79 Å². The van der Waals surface area contributed by atoms with Crippen LogP contribution < -0.4 is 0 Å². The van der Waals surface area contributed by atoms with Crippen LogP contribution in [0.4, 0.5) is 0 Å². The van der Waals surface area contributed by atoms with E-state index in [1.165, 1.54) is 38.5 Å². The summed E-state index contributed by atoms with van der Waals surface area (Å²) in [6.07, 6.45) is 10.1. The second kappa shape index (κ2) is 3.59. The second-order valence-corrected chi connectivity index (χ2v) is 4.53. The van der Waals surface area contributed by atoms with Gasteiger partial charge >= 0.3 is 0 Å². The van der Waals surface area contributed by atoms with Gasteiger partial charge in [-0.3, -0.25) is 4.79 Å². The Hall–Kier alpha value is -0.330. The Morgan fingerprint density at radius 2 is 1.83 bits per heavy atom. The molecule has 0 bridgehead atoms. The van der Waals surface area contributed by atoms with E-state index < -0.39 is 0 Å². The van der Waals surface area contributed by atoms with Crippen LogP contribution in [0.2, 0.25) is 0 Å². The molecule has 0 radical (unpaired) electrons. The largest absolute Gasteiger partial charge is 0.300 e.